The average molecular weight is 129 g/mol. The van der Waals surface area contributed by atoms with E-state index in [9.17, 15) is 4.79 Å². The van der Waals surface area contributed by atoms with E-state index in [4.69, 9.17) is 5.11 Å². The van der Waals surface area contributed by atoms with Gasteiger partial charge in [-0.3, -0.25) is 0 Å². The average Bonchev–Trinajstić information content (AvgIpc) is 1.82. The summed E-state index contributed by atoms with van der Waals surface area (Å²) >= 11 is 0. The van der Waals surface area contributed by atoms with Gasteiger partial charge in [-0.15, -0.1) is 0 Å². The lowest BCUT2D eigenvalue weighted by atomic mass is 10.1. The normalized spacial score (nSPS) is 12.9. The van der Waals surface area contributed by atoms with E-state index in [2.05, 4.69) is 4.99 Å². The first-order chi connectivity index (χ1) is 4.22. The summed E-state index contributed by atoms with van der Waals surface area (Å²) in [5.41, 5.74) is 0. The molecular weight excluding hydrogens is 118 g/mol. The van der Waals surface area contributed by atoms with Gasteiger partial charge in [0.05, 0.1) is 12.6 Å². The second kappa shape index (κ2) is 4.24. The standard InChI is InChI=1S/C6H11NO2/c1-5(2)6(3-8)7-4-9/h5-6,8H,3H2,1-2H3/t6-/m0/s1. The third kappa shape index (κ3) is 3.01. The van der Waals surface area contributed by atoms with Crippen molar-refractivity contribution >= 4 is 6.08 Å². The van der Waals surface area contributed by atoms with E-state index in [0.717, 1.165) is 0 Å². The van der Waals surface area contributed by atoms with Gasteiger partial charge >= 0.3 is 0 Å². The lowest BCUT2D eigenvalue weighted by molar-refractivity contribution is 0.239. The molecule has 0 amide bonds. The fourth-order valence-corrected chi connectivity index (χ4v) is 0.468. The Bertz CT molecular complexity index is 116. The van der Waals surface area contributed by atoms with E-state index in [1.807, 2.05) is 13.8 Å². The van der Waals surface area contributed by atoms with Gasteiger partial charge in [-0.05, 0) is 5.92 Å². The van der Waals surface area contributed by atoms with Crippen LogP contribution in [-0.2, 0) is 4.79 Å². The summed E-state index contributed by atoms with van der Waals surface area (Å²) in [4.78, 5) is 13.1. The molecule has 0 aliphatic carbocycles. The Balaban J connectivity index is 3.82. The molecule has 1 N–H and O–H groups in total. The Labute approximate surface area is 54.4 Å². The number of isocyanates is 1. The largest absolute Gasteiger partial charge is 0.394 e. The molecule has 0 bridgehead atoms. The second-order valence-electron chi connectivity index (χ2n) is 2.21. The third-order valence-electron chi connectivity index (χ3n) is 1.18. The first kappa shape index (κ1) is 8.34. The maximum absolute atomic E-state index is 9.68. The Morgan fingerprint density at radius 2 is 2.22 bits per heavy atom. The molecule has 0 aliphatic heterocycles. The fraction of sp³-hybridized carbons (Fsp3) is 0.833. The van der Waals surface area contributed by atoms with E-state index >= 15 is 0 Å². The van der Waals surface area contributed by atoms with Crippen molar-refractivity contribution in [2.24, 2.45) is 10.9 Å². The molecule has 0 rings (SSSR count). The van der Waals surface area contributed by atoms with Gasteiger partial charge < -0.3 is 5.11 Å². The maximum Gasteiger partial charge on any atom is 0.235 e. The number of nitrogens with zero attached hydrogens (tertiary/aromatic N) is 1. The molecule has 0 unspecified atom stereocenters. The molecule has 0 saturated carbocycles. The summed E-state index contributed by atoms with van der Waals surface area (Å²) in [6.45, 7) is 3.70. The molecular formula is C6H11NO2. The summed E-state index contributed by atoms with van der Waals surface area (Å²) < 4.78 is 0. The zero-order valence-corrected chi connectivity index (χ0v) is 5.66. The third-order valence-corrected chi connectivity index (χ3v) is 1.18. The predicted octanol–water partition coefficient (Wildman–Crippen LogP) is 0.339. The first-order valence-corrected chi connectivity index (χ1v) is 2.90. The number of rotatable bonds is 3. The molecule has 3 heteroatoms. The molecule has 0 aliphatic rings. The fourth-order valence-electron chi connectivity index (χ4n) is 0.468. The number of hydrogen-bond acceptors (Lipinski definition) is 3. The summed E-state index contributed by atoms with van der Waals surface area (Å²) in [5.74, 6) is 0.205. The van der Waals surface area contributed by atoms with Crippen molar-refractivity contribution in [3.8, 4) is 0 Å². The second-order valence-corrected chi connectivity index (χ2v) is 2.21. The Morgan fingerprint density at radius 1 is 1.67 bits per heavy atom. The van der Waals surface area contributed by atoms with Gasteiger partial charge in [-0.1, -0.05) is 13.8 Å². The molecule has 0 heterocycles. The predicted molar refractivity (Wildman–Crippen MR) is 33.8 cm³/mol. The number of hydrogen-bond donors (Lipinski definition) is 1. The Morgan fingerprint density at radius 3 is 2.33 bits per heavy atom. The van der Waals surface area contributed by atoms with Crippen LogP contribution in [0.4, 0.5) is 0 Å². The van der Waals surface area contributed by atoms with E-state index in [-0.39, 0.29) is 18.6 Å². The van der Waals surface area contributed by atoms with E-state index in [1.165, 1.54) is 6.08 Å². The SMILES string of the molecule is CC(C)[C@H](CO)N=C=O. The van der Waals surface area contributed by atoms with Crippen LogP contribution in [-0.4, -0.2) is 23.8 Å². The topological polar surface area (TPSA) is 49.7 Å². The highest BCUT2D eigenvalue weighted by molar-refractivity contribution is 5.33. The summed E-state index contributed by atoms with van der Waals surface area (Å²) in [7, 11) is 0. The van der Waals surface area contributed by atoms with Crippen LogP contribution in [0.25, 0.3) is 0 Å². The van der Waals surface area contributed by atoms with Crippen LogP contribution in [0.1, 0.15) is 13.8 Å². The van der Waals surface area contributed by atoms with Gasteiger partial charge in [0.15, 0.2) is 0 Å². The van der Waals surface area contributed by atoms with Crippen molar-refractivity contribution in [1.29, 1.82) is 0 Å². The van der Waals surface area contributed by atoms with Crippen LogP contribution in [0.15, 0.2) is 4.99 Å². The van der Waals surface area contributed by atoms with Gasteiger partial charge in [0.25, 0.3) is 0 Å². The Hall–Kier alpha value is -0.660. The van der Waals surface area contributed by atoms with E-state index in [1.54, 1.807) is 0 Å². The molecule has 0 aromatic carbocycles. The molecule has 52 valence electrons. The lowest BCUT2D eigenvalue weighted by Crippen LogP contribution is -2.16. The minimum Gasteiger partial charge on any atom is -0.394 e. The zero-order chi connectivity index (χ0) is 7.28. The van der Waals surface area contributed by atoms with Crippen LogP contribution >= 0.6 is 0 Å². The monoisotopic (exact) mass is 129 g/mol. The highest BCUT2D eigenvalue weighted by Gasteiger charge is 2.08. The van der Waals surface area contributed by atoms with Crippen molar-refractivity contribution in [2.75, 3.05) is 6.61 Å². The van der Waals surface area contributed by atoms with Crippen LogP contribution in [0.5, 0.6) is 0 Å². The molecule has 0 aromatic heterocycles. The van der Waals surface area contributed by atoms with Gasteiger partial charge in [-0.25, -0.2) is 4.79 Å². The molecule has 0 fully saturated rings. The number of aliphatic imine (C=N–C) groups is 1. The highest BCUT2D eigenvalue weighted by atomic mass is 16.3. The molecule has 3 nitrogen and oxygen atoms in total. The zero-order valence-electron chi connectivity index (χ0n) is 5.66. The van der Waals surface area contributed by atoms with Crippen molar-refractivity contribution < 1.29 is 9.90 Å². The molecule has 0 aromatic rings. The van der Waals surface area contributed by atoms with Crippen LogP contribution in [0, 0.1) is 5.92 Å². The van der Waals surface area contributed by atoms with Crippen LogP contribution < -0.4 is 0 Å². The minimum absolute atomic E-state index is 0.0765. The summed E-state index contributed by atoms with van der Waals surface area (Å²) in [6, 6.07) is -0.275. The van der Waals surface area contributed by atoms with E-state index in [0.29, 0.717) is 0 Å². The maximum atomic E-state index is 9.68. The van der Waals surface area contributed by atoms with Gasteiger partial charge in [0.1, 0.15) is 0 Å². The number of carbonyl (C=O) groups excluding carboxylic acids is 1. The van der Waals surface area contributed by atoms with Crippen molar-refractivity contribution in [1.82, 2.24) is 0 Å². The van der Waals surface area contributed by atoms with Crippen molar-refractivity contribution in [3.63, 3.8) is 0 Å². The molecule has 0 radical (unpaired) electrons. The molecule has 1 atom stereocenters. The van der Waals surface area contributed by atoms with E-state index < -0.39 is 0 Å². The number of aliphatic hydroxyl groups excluding tert-OH is 1. The first-order valence-electron chi connectivity index (χ1n) is 2.90. The van der Waals surface area contributed by atoms with Crippen LogP contribution in [0.2, 0.25) is 0 Å². The molecule has 9 heavy (non-hydrogen) atoms. The smallest absolute Gasteiger partial charge is 0.235 e. The molecule has 0 spiro atoms. The quantitative estimate of drug-likeness (QED) is 0.441. The Kier molecular flexibility index (Phi) is 3.93. The van der Waals surface area contributed by atoms with Crippen molar-refractivity contribution in [2.45, 2.75) is 19.9 Å². The highest BCUT2D eigenvalue weighted by Crippen LogP contribution is 2.03. The number of aliphatic hydroxyl groups is 1. The summed E-state index contributed by atoms with van der Waals surface area (Å²) in [5, 5.41) is 8.55. The van der Waals surface area contributed by atoms with Gasteiger partial charge in [0.2, 0.25) is 6.08 Å². The summed E-state index contributed by atoms with van der Waals surface area (Å²) in [6.07, 6.45) is 1.42. The molecule has 0 saturated heterocycles. The minimum atomic E-state index is -0.275. The van der Waals surface area contributed by atoms with Gasteiger partial charge in [-0.2, -0.15) is 4.99 Å². The van der Waals surface area contributed by atoms with Gasteiger partial charge in [0, 0.05) is 0 Å². The lowest BCUT2D eigenvalue weighted by Gasteiger charge is -2.09. The van der Waals surface area contributed by atoms with Crippen molar-refractivity contribution in [3.05, 3.63) is 0 Å². The van der Waals surface area contributed by atoms with Crippen LogP contribution in [0.3, 0.4) is 0 Å².